The molecule has 0 atom stereocenters. The monoisotopic (exact) mass is 438 g/mol. The lowest BCUT2D eigenvalue weighted by molar-refractivity contribution is 0.580. The van der Waals surface area contributed by atoms with Crippen molar-refractivity contribution in [3.63, 3.8) is 0 Å². The second-order valence-electron chi connectivity index (χ2n) is 5.94. The summed E-state index contributed by atoms with van der Waals surface area (Å²) in [4.78, 5) is 11.5. The van der Waals surface area contributed by atoms with Crippen molar-refractivity contribution in [1.29, 1.82) is 0 Å². The molecule has 0 bridgehead atoms. The number of hydrogen-bond acceptors (Lipinski definition) is 4. The molecule has 4 rings (SSSR count). The Labute approximate surface area is 158 Å². The molecule has 3 aromatic rings. The molecule has 0 aliphatic carbocycles. The molecule has 1 aliphatic rings. The van der Waals surface area contributed by atoms with Gasteiger partial charge in [-0.3, -0.25) is 0 Å². The fraction of sp³-hybridized carbons (Fsp3) is 0.412. The maximum absolute atomic E-state index is 4.91. The quantitative estimate of drug-likeness (QED) is 0.636. The summed E-state index contributed by atoms with van der Waals surface area (Å²) in [5.41, 5.74) is 2.28. The highest BCUT2D eigenvalue weighted by Crippen LogP contribution is 2.23. The topological polar surface area (TPSA) is 50.9 Å². The first-order valence-electron chi connectivity index (χ1n) is 8.28. The van der Waals surface area contributed by atoms with Crippen LogP contribution in [0.2, 0.25) is 0 Å². The van der Waals surface area contributed by atoms with Crippen molar-refractivity contribution in [2.24, 2.45) is 0 Å². The first-order valence-corrected chi connectivity index (χ1v) is 8.28. The number of anilines is 1. The molecular formula is C17H23IN6. The first-order chi connectivity index (χ1) is 11.4. The zero-order valence-electron chi connectivity index (χ0n) is 13.6. The second-order valence-corrected chi connectivity index (χ2v) is 5.94. The largest absolute Gasteiger partial charge is 0.341 e. The molecule has 7 heteroatoms. The van der Waals surface area contributed by atoms with E-state index in [9.17, 15) is 0 Å². The van der Waals surface area contributed by atoms with Crippen molar-refractivity contribution in [1.82, 2.24) is 24.4 Å². The molecule has 24 heavy (non-hydrogen) atoms. The van der Waals surface area contributed by atoms with Crippen LogP contribution in [0.15, 0.2) is 43.0 Å². The van der Waals surface area contributed by atoms with Gasteiger partial charge in [0.15, 0.2) is 0 Å². The number of para-hydroxylation sites is 2. The summed E-state index contributed by atoms with van der Waals surface area (Å²) in [7, 11) is 0. The van der Waals surface area contributed by atoms with Crippen LogP contribution >= 0.6 is 24.0 Å². The van der Waals surface area contributed by atoms with Gasteiger partial charge in [-0.25, -0.2) is 9.97 Å². The third-order valence-electron chi connectivity index (χ3n) is 4.40. The van der Waals surface area contributed by atoms with Crippen molar-refractivity contribution in [2.45, 2.75) is 19.5 Å². The van der Waals surface area contributed by atoms with Gasteiger partial charge < -0.3 is 19.4 Å². The van der Waals surface area contributed by atoms with Gasteiger partial charge in [-0.1, -0.05) is 12.1 Å². The van der Waals surface area contributed by atoms with Gasteiger partial charge in [-0.2, -0.15) is 0 Å². The molecule has 128 valence electrons. The summed E-state index contributed by atoms with van der Waals surface area (Å²) in [5, 5.41) is 3.46. The highest BCUT2D eigenvalue weighted by molar-refractivity contribution is 14.0. The smallest absolute Gasteiger partial charge is 0.206 e. The van der Waals surface area contributed by atoms with Crippen LogP contribution in [0.3, 0.4) is 0 Å². The third-order valence-corrected chi connectivity index (χ3v) is 4.40. The fourth-order valence-corrected chi connectivity index (χ4v) is 3.20. The summed E-state index contributed by atoms with van der Waals surface area (Å²) >= 11 is 0. The van der Waals surface area contributed by atoms with Crippen LogP contribution in [0.4, 0.5) is 5.95 Å². The number of halogens is 1. The highest BCUT2D eigenvalue weighted by atomic mass is 127. The molecule has 6 nitrogen and oxygen atoms in total. The van der Waals surface area contributed by atoms with Gasteiger partial charge in [0, 0.05) is 45.1 Å². The van der Waals surface area contributed by atoms with E-state index in [1.54, 1.807) is 0 Å². The summed E-state index contributed by atoms with van der Waals surface area (Å²) < 4.78 is 4.46. The number of benzene rings is 1. The molecule has 0 unspecified atom stereocenters. The van der Waals surface area contributed by atoms with E-state index >= 15 is 0 Å². The number of aromatic nitrogens is 4. The molecule has 0 spiro atoms. The molecule has 0 saturated carbocycles. The molecule has 1 fully saturated rings. The van der Waals surface area contributed by atoms with Crippen LogP contribution in [0.25, 0.3) is 11.0 Å². The van der Waals surface area contributed by atoms with Gasteiger partial charge in [0.05, 0.1) is 17.4 Å². The van der Waals surface area contributed by atoms with E-state index in [0.717, 1.165) is 57.2 Å². The average Bonchev–Trinajstić information content (AvgIpc) is 3.13. The molecule has 1 aliphatic heterocycles. The third kappa shape index (κ3) is 3.56. The minimum Gasteiger partial charge on any atom is -0.341 e. The lowest BCUT2D eigenvalue weighted by Gasteiger charge is -2.22. The zero-order chi connectivity index (χ0) is 15.5. The molecule has 0 amide bonds. The molecule has 2 aromatic heterocycles. The van der Waals surface area contributed by atoms with Crippen molar-refractivity contribution < 1.29 is 0 Å². The van der Waals surface area contributed by atoms with Crippen LogP contribution in [-0.4, -0.2) is 45.3 Å². The molecular weight excluding hydrogens is 415 g/mol. The summed E-state index contributed by atoms with van der Waals surface area (Å²) in [6.07, 6.45) is 6.86. The fourth-order valence-electron chi connectivity index (χ4n) is 3.20. The van der Waals surface area contributed by atoms with Gasteiger partial charge in [0.2, 0.25) is 5.95 Å². The van der Waals surface area contributed by atoms with Crippen LogP contribution in [-0.2, 0) is 13.1 Å². The molecule has 1 saturated heterocycles. The number of nitrogens with one attached hydrogen (secondary N) is 1. The number of aryl methyl sites for hydroxylation is 2. The lowest BCUT2D eigenvalue weighted by atomic mass is 10.3. The average molecular weight is 438 g/mol. The maximum Gasteiger partial charge on any atom is 0.206 e. The number of fused-ring (bicyclic) bond motifs is 1. The summed E-state index contributed by atoms with van der Waals surface area (Å²) in [6, 6.07) is 8.41. The first kappa shape index (κ1) is 17.2. The van der Waals surface area contributed by atoms with E-state index in [1.807, 2.05) is 18.7 Å². The van der Waals surface area contributed by atoms with Gasteiger partial charge in [0.1, 0.15) is 0 Å². The van der Waals surface area contributed by atoms with Gasteiger partial charge in [-0.05, 0) is 25.1 Å². The number of imidazole rings is 2. The van der Waals surface area contributed by atoms with Gasteiger partial charge >= 0.3 is 0 Å². The van der Waals surface area contributed by atoms with Crippen molar-refractivity contribution >= 4 is 41.0 Å². The van der Waals surface area contributed by atoms with Crippen LogP contribution in [0.5, 0.6) is 0 Å². The standard InChI is InChI=1S/C17H22N6.HI/c1-2-5-16-15(4-1)20-17(22-9-3-6-18-8-11-22)23(16)13-12-21-10-7-19-14-21;/h1-2,4-5,7,10,14,18H,3,6,8-9,11-13H2;1H. The van der Waals surface area contributed by atoms with E-state index in [4.69, 9.17) is 4.98 Å². The normalized spacial score (nSPS) is 15.2. The van der Waals surface area contributed by atoms with Crippen molar-refractivity contribution in [2.75, 3.05) is 31.1 Å². The molecule has 3 heterocycles. The van der Waals surface area contributed by atoms with E-state index in [-0.39, 0.29) is 24.0 Å². The van der Waals surface area contributed by atoms with E-state index in [2.05, 4.69) is 48.6 Å². The van der Waals surface area contributed by atoms with Gasteiger partial charge in [-0.15, -0.1) is 24.0 Å². The van der Waals surface area contributed by atoms with Crippen molar-refractivity contribution in [3.8, 4) is 0 Å². The van der Waals surface area contributed by atoms with Crippen molar-refractivity contribution in [3.05, 3.63) is 43.0 Å². The van der Waals surface area contributed by atoms with Crippen LogP contribution in [0, 0.1) is 0 Å². The minimum atomic E-state index is 0. The van der Waals surface area contributed by atoms with E-state index in [1.165, 1.54) is 5.52 Å². The number of nitrogens with zero attached hydrogens (tertiary/aromatic N) is 5. The maximum atomic E-state index is 4.91. The Morgan fingerprint density at radius 3 is 2.88 bits per heavy atom. The number of rotatable bonds is 4. The molecule has 0 radical (unpaired) electrons. The Morgan fingerprint density at radius 1 is 1.08 bits per heavy atom. The minimum absolute atomic E-state index is 0. The van der Waals surface area contributed by atoms with Crippen LogP contribution < -0.4 is 10.2 Å². The lowest BCUT2D eigenvalue weighted by Crippen LogP contribution is -2.30. The SMILES string of the molecule is I.c1ccc2c(c1)nc(N1CCCNCC1)n2CCn1ccnc1. The second kappa shape index (κ2) is 7.98. The Hall–Kier alpha value is -1.61. The number of hydrogen-bond donors (Lipinski definition) is 1. The Morgan fingerprint density at radius 2 is 2.00 bits per heavy atom. The molecule has 1 N–H and O–H groups in total. The predicted molar refractivity (Wildman–Crippen MR) is 107 cm³/mol. The van der Waals surface area contributed by atoms with Crippen LogP contribution in [0.1, 0.15) is 6.42 Å². The molecule has 1 aromatic carbocycles. The highest BCUT2D eigenvalue weighted by Gasteiger charge is 2.18. The van der Waals surface area contributed by atoms with E-state index in [0.29, 0.717) is 0 Å². The predicted octanol–water partition coefficient (Wildman–Crippen LogP) is 2.35. The summed E-state index contributed by atoms with van der Waals surface area (Å²) in [6.45, 7) is 5.97. The Balaban J connectivity index is 0.00000169. The van der Waals surface area contributed by atoms with E-state index < -0.39 is 0 Å². The summed E-state index contributed by atoms with van der Waals surface area (Å²) in [5.74, 6) is 1.09. The van der Waals surface area contributed by atoms with Gasteiger partial charge in [0.25, 0.3) is 0 Å². The Bertz CT molecular complexity index is 759. The zero-order valence-corrected chi connectivity index (χ0v) is 16.0. The Kier molecular flexibility index (Phi) is 5.72.